The molecule has 0 fully saturated rings. The lowest BCUT2D eigenvalue weighted by molar-refractivity contribution is 0.173. The smallest absolute Gasteiger partial charge is 0.129 e. The van der Waals surface area contributed by atoms with E-state index in [1.165, 1.54) is 0 Å². The summed E-state index contributed by atoms with van der Waals surface area (Å²) in [6, 6.07) is 8.93. The van der Waals surface area contributed by atoms with E-state index in [1.54, 1.807) is 0 Å². The molecule has 1 N–H and O–H groups in total. The molecule has 0 saturated heterocycles. The molecule has 0 saturated carbocycles. The molecule has 0 aliphatic rings. The van der Waals surface area contributed by atoms with E-state index in [2.05, 4.69) is 0 Å². The average Bonchev–Trinajstić information content (AvgIpc) is 2.36. The van der Waals surface area contributed by atoms with Crippen LogP contribution in [0.3, 0.4) is 0 Å². The normalized spacial score (nSPS) is 12.5. The van der Waals surface area contributed by atoms with Gasteiger partial charge in [0.2, 0.25) is 0 Å². The highest BCUT2D eigenvalue weighted by Crippen LogP contribution is 2.23. The van der Waals surface area contributed by atoms with Crippen molar-refractivity contribution in [3.63, 3.8) is 0 Å². The zero-order valence-corrected chi connectivity index (χ0v) is 11.0. The van der Waals surface area contributed by atoms with Crippen LogP contribution in [0.25, 0.3) is 0 Å². The Morgan fingerprint density at radius 2 is 1.74 bits per heavy atom. The number of rotatable bonds is 3. The zero-order valence-electron chi connectivity index (χ0n) is 11.0. The van der Waals surface area contributed by atoms with Gasteiger partial charge in [0, 0.05) is 12.0 Å². The molecule has 0 aromatic heterocycles. The molecular weight excluding hydrogens is 246 g/mol. The monoisotopic (exact) mass is 262 g/mol. The highest BCUT2D eigenvalue weighted by Gasteiger charge is 2.14. The Labute approximate surface area is 111 Å². The van der Waals surface area contributed by atoms with Crippen molar-refractivity contribution in [1.29, 1.82) is 0 Å². The van der Waals surface area contributed by atoms with Crippen molar-refractivity contribution in [2.24, 2.45) is 0 Å². The Kier molecular flexibility index (Phi) is 3.96. The maximum Gasteiger partial charge on any atom is 0.129 e. The molecule has 2 aromatic rings. The number of aryl methyl sites for hydroxylation is 2. The number of benzene rings is 2. The van der Waals surface area contributed by atoms with Crippen molar-refractivity contribution < 1.29 is 13.9 Å². The first kappa shape index (κ1) is 13.7. The Balaban J connectivity index is 2.22. The molecule has 1 atom stereocenters. The Morgan fingerprint density at radius 3 is 2.42 bits per heavy atom. The van der Waals surface area contributed by atoms with Crippen molar-refractivity contribution in [1.82, 2.24) is 0 Å². The van der Waals surface area contributed by atoms with Gasteiger partial charge in [-0.1, -0.05) is 18.2 Å². The quantitative estimate of drug-likeness (QED) is 0.890. The topological polar surface area (TPSA) is 20.2 Å². The zero-order chi connectivity index (χ0) is 14.0. The highest BCUT2D eigenvalue weighted by atomic mass is 19.1. The second-order valence-corrected chi connectivity index (χ2v) is 4.80. The standard InChI is InChI=1S/C16H16F2O/c1-10-3-4-12(7-11(10)2)8-16(19)14-9-13(17)5-6-15(14)18/h3-7,9,16,19H,8H2,1-2H3. The molecular formula is C16H16F2O. The molecule has 1 nitrogen and oxygen atoms in total. The second-order valence-electron chi connectivity index (χ2n) is 4.80. The maximum atomic E-state index is 13.5. The predicted molar refractivity (Wildman–Crippen MR) is 70.9 cm³/mol. The third-order valence-electron chi connectivity index (χ3n) is 3.32. The fourth-order valence-corrected chi connectivity index (χ4v) is 2.03. The van der Waals surface area contributed by atoms with Gasteiger partial charge in [0.1, 0.15) is 11.6 Å². The minimum Gasteiger partial charge on any atom is -0.388 e. The molecule has 0 bridgehead atoms. The summed E-state index contributed by atoms with van der Waals surface area (Å²) >= 11 is 0. The van der Waals surface area contributed by atoms with E-state index in [4.69, 9.17) is 0 Å². The van der Waals surface area contributed by atoms with Crippen molar-refractivity contribution in [2.45, 2.75) is 26.4 Å². The van der Waals surface area contributed by atoms with Crippen molar-refractivity contribution in [3.8, 4) is 0 Å². The number of hydrogen-bond acceptors (Lipinski definition) is 1. The molecule has 0 aliphatic heterocycles. The Hall–Kier alpha value is -1.74. The lowest BCUT2D eigenvalue weighted by Crippen LogP contribution is -2.05. The summed E-state index contributed by atoms with van der Waals surface area (Å²) in [7, 11) is 0. The number of aliphatic hydroxyl groups is 1. The molecule has 0 aliphatic carbocycles. The number of hydrogen-bond donors (Lipinski definition) is 1. The first-order chi connectivity index (χ1) is 8.97. The lowest BCUT2D eigenvalue weighted by atomic mass is 9.98. The van der Waals surface area contributed by atoms with E-state index < -0.39 is 17.7 Å². The van der Waals surface area contributed by atoms with Gasteiger partial charge in [-0.3, -0.25) is 0 Å². The Morgan fingerprint density at radius 1 is 1.00 bits per heavy atom. The van der Waals surface area contributed by atoms with Crippen LogP contribution >= 0.6 is 0 Å². The van der Waals surface area contributed by atoms with Gasteiger partial charge in [0.25, 0.3) is 0 Å². The average molecular weight is 262 g/mol. The van der Waals surface area contributed by atoms with Crippen LogP contribution in [0.2, 0.25) is 0 Å². The summed E-state index contributed by atoms with van der Waals surface area (Å²) in [5.74, 6) is -1.13. The van der Waals surface area contributed by atoms with Crippen LogP contribution in [0, 0.1) is 25.5 Å². The van der Waals surface area contributed by atoms with Gasteiger partial charge >= 0.3 is 0 Å². The third kappa shape index (κ3) is 3.18. The summed E-state index contributed by atoms with van der Waals surface area (Å²) in [5, 5.41) is 10.0. The summed E-state index contributed by atoms with van der Waals surface area (Å²) in [6.45, 7) is 3.98. The second kappa shape index (κ2) is 5.49. The van der Waals surface area contributed by atoms with Crippen LogP contribution < -0.4 is 0 Å². The highest BCUT2D eigenvalue weighted by molar-refractivity contribution is 5.31. The van der Waals surface area contributed by atoms with Crippen molar-refractivity contribution in [2.75, 3.05) is 0 Å². The summed E-state index contributed by atoms with van der Waals surface area (Å²) in [5.41, 5.74) is 3.18. The molecule has 0 heterocycles. The van der Waals surface area contributed by atoms with E-state index in [0.717, 1.165) is 34.9 Å². The van der Waals surface area contributed by atoms with Crippen LogP contribution in [-0.2, 0) is 6.42 Å². The largest absolute Gasteiger partial charge is 0.388 e. The molecule has 0 radical (unpaired) electrons. The molecule has 100 valence electrons. The molecule has 1 unspecified atom stereocenters. The van der Waals surface area contributed by atoms with Crippen molar-refractivity contribution >= 4 is 0 Å². The van der Waals surface area contributed by atoms with Gasteiger partial charge < -0.3 is 5.11 Å². The van der Waals surface area contributed by atoms with Gasteiger partial charge in [0.05, 0.1) is 6.10 Å². The minimum absolute atomic E-state index is 0.00164. The predicted octanol–water partition coefficient (Wildman–Crippen LogP) is 3.86. The Bertz CT molecular complexity index is 593. The molecule has 2 aromatic carbocycles. The van der Waals surface area contributed by atoms with Crippen LogP contribution in [0.15, 0.2) is 36.4 Å². The summed E-state index contributed by atoms with van der Waals surface area (Å²) in [6.07, 6.45) is -0.778. The van der Waals surface area contributed by atoms with E-state index in [-0.39, 0.29) is 12.0 Å². The fourth-order valence-electron chi connectivity index (χ4n) is 2.03. The van der Waals surface area contributed by atoms with Gasteiger partial charge in [-0.25, -0.2) is 8.78 Å². The van der Waals surface area contributed by atoms with Crippen LogP contribution in [0.1, 0.15) is 28.4 Å². The molecule has 0 spiro atoms. The first-order valence-electron chi connectivity index (χ1n) is 6.16. The van der Waals surface area contributed by atoms with Crippen LogP contribution in [-0.4, -0.2) is 5.11 Å². The number of aliphatic hydroxyl groups excluding tert-OH is 1. The van der Waals surface area contributed by atoms with Gasteiger partial charge in [-0.2, -0.15) is 0 Å². The van der Waals surface area contributed by atoms with E-state index in [9.17, 15) is 13.9 Å². The van der Waals surface area contributed by atoms with Gasteiger partial charge in [-0.15, -0.1) is 0 Å². The maximum absolute atomic E-state index is 13.5. The van der Waals surface area contributed by atoms with E-state index >= 15 is 0 Å². The molecule has 3 heteroatoms. The molecule has 19 heavy (non-hydrogen) atoms. The number of halogens is 2. The van der Waals surface area contributed by atoms with Gasteiger partial charge in [0.15, 0.2) is 0 Å². The third-order valence-corrected chi connectivity index (χ3v) is 3.32. The summed E-state index contributed by atoms with van der Waals surface area (Å²) in [4.78, 5) is 0. The molecule has 0 amide bonds. The minimum atomic E-state index is -1.04. The summed E-state index contributed by atoms with van der Waals surface area (Å²) < 4.78 is 26.6. The van der Waals surface area contributed by atoms with E-state index in [0.29, 0.717) is 0 Å². The first-order valence-corrected chi connectivity index (χ1v) is 6.16. The lowest BCUT2D eigenvalue weighted by Gasteiger charge is -2.13. The molecule has 2 rings (SSSR count). The van der Waals surface area contributed by atoms with E-state index in [1.807, 2.05) is 32.0 Å². The van der Waals surface area contributed by atoms with Crippen LogP contribution in [0.4, 0.5) is 8.78 Å². The van der Waals surface area contributed by atoms with Gasteiger partial charge in [-0.05, 0) is 48.7 Å². The SMILES string of the molecule is Cc1ccc(CC(O)c2cc(F)ccc2F)cc1C. The van der Waals surface area contributed by atoms with Crippen molar-refractivity contribution in [3.05, 3.63) is 70.3 Å². The van der Waals surface area contributed by atoms with Crippen LogP contribution in [0.5, 0.6) is 0 Å². The fraction of sp³-hybridized carbons (Fsp3) is 0.250.